The summed E-state index contributed by atoms with van der Waals surface area (Å²) >= 11 is 0. The lowest BCUT2D eigenvalue weighted by Crippen LogP contribution is -2.41. The van der Waals surface area contributed by atoms with Crippen molar-refractivity contribution in [3.63, 3.8) is 0 Å². The highest BCUT2D eigenvalue weighted by Gasteiger charge is 2.35. The summed E-state index contributed by atoms with van der Waals surface area (Å²) in [6, 6.07) is 0.588. The van der Waals surface area contributed by atoms with Crippen molar-refractivity contribution >= 4 is 0 Å². The molecule has 17 heavy (non-hydrogen) atoms. The SMILES string of the molecule is CCCNC(C1=CCCC1)C1CCOC1CC. The molecule has 1 fully saturated rings. The molecule has 0 radical (unpaired) electrons. The van der Waals surface area contributed by atoms with E-state index in [0.717, 1.165) is 19.6 Å². The van der Waals surface area contributed by atoms with E-state index in [0.29, 0.717) is 18.1 Å². The highest BCUT2D eigenvalue weighted by atomic mass is 16.5. The van der Waals surface area contributed by atoms with Crippen LogP contribution in [0.4, 0.5) is 0 Å². The zero-order valence-corrected chi connectivity index (χ0v) is 11.4. The summed E-state index contributed by atoms with van der Waals surface area (Å²) in [5, 5.41) is 3.77. The molecule has 1 N–H and O–H groups in total. The van der Waals surface area contributed by atoms with Crippen LogP contribution in [0.1, 0.15) is 52.4 Å². The van der Waals surface area contributed by atoms with E-state index in [1.807, 2.05) is 0 Å². The Hall–Kier alpha value is -0.340. The van der Waals surface area contributed by atoms with Crippen LogP contribution < -0.4 is 5.32 Å². The highest BCUT2D eigenvalue weighted by molar-refractivity contribution is 5.17. The topological polar surface area (TPSA) is 21.3 Å². The maximum absolute atomic E-state index is 5.87. The summed E-state index contributed by atoms with van der Waals surface area (Å²) < 4.78 is 5.87. The molecular formula is C15H27NO. The number of hydrogen-bond donors (Lipinski definition) is 1. The Balaban J connectivity index is 2.03. The Kier molecular flexibility index (Phi) is 5.05. The first-order valence-electron chi connectivity index (χ1n) is 7.40. The lowest BCUT2D eigenvalue weighted by molar-refractivity contribution is 0.0807. The Morgan fingerprint density at radius 1 is 1.47 bits per heavy atom. The molecule has 0 aromatic rings. The van der Waals surface area contributed by atoms with Gasteiger partial charge in [0.25, 0.3) is 0 Å². The van der Waals surface area contributed by atoms with Crippen LogP contribution in [-0.2, 0) is 4.74 Å². The van der Waals surface area contributed by atoms with Gasteiger partial charge in [0.05, 0.1) is 6.10 Å². The summed E-state index contributed by atoms with van der Waals surface area (Å²) in [7, 11) is 0. The van der Waals surface area contributed by atoms with Crippen molar-refractivity contribution in [2.75, 3.05) is 13.2 Å². The molecule has 0 aromatic heterocycles. The van der Waals surface area contributed by atoms with E-state index in [1.165, 1.54) is 32.1 Å². The van der Waals surface area contributed by atoms with Gasteiger partial charge in [0.1, 0.15) is 0 Å². The molecule has 1 aliphatic heterocycles. The van der Waals surface area contributed by atoms with Crippen molar-refractivity contribution in [2.24, 2.45) is 5.92 Å². The minimum atomic E-state index is 0.478. The third-order valence-corrected chi connectivity index (χ3v) is 4.18. The average molecular weight is 237 g/mol. The molecule has 98 valence electrons. The first kappa shape index (κ1) is 13.1. The molecule has 1 saturated heterocycles. The second kappa shape index (κ2) is 6.55. The molecule has 1 aliphatic carbocycles. The predicted octanol–water partition coefficient (Wildman–Crippen LogP) is 3.28. The van der Waals surface area contributed by atoms with Gasteiger partial charge in [-0.3, -0.25) is 0 Å². The monoisotopic (exact) mass is 237 g/mol. The van der Waals surface area contributed by atoms with E-state index >= 15 is 0 Å². The largest absolute Gasteiger partial charge is 0.378 e. The molecule has 3 unspecified atom stereocenters. The summed E-state index contributed by atoms with van der Waals surface area (Å²) in [6.45, 7) is 6.59. The second-order valence-corrected chi connectivity index (χ2v) is 5.37. The third-order valence-electron chi connectivity index (χ3n) is 4.18. The molecule has 0 saturated carbocycles. The standard InChI is InChI=1S/C15H27NO/c1-3-10-16-15(12-7-5-6-8-12)13-9-11-17-14(13)4-2/h7,13-16H,3-6,8-11H2,1-2H3. The van der Waals surface area contributed by atoms with Crippen molar-refractivity contribution in [1.29, 1.82) is 0 Å². The Labute approximate surface area is 106 Å². The van der Waals surface area contributed by atoms with E-state index in [1.54, 1.807) is 5.57 Å². The van der Waals surface area contributed by atoms with Gasteiger partial charge in [-0.15, -0.1) is 0 Å². The van der Waals surface area contributed by atoms with Gasteiger partial charge < -0.3 is 10.1 Å². The van der Waals surface area contributed by atoms with Crippen molar-refractivity contribution in [1.82, 2.24) is 5.32 Å². The number of ether oxygens (including phenoxy) is 1. The maximum atomic E-state index is 5.87. The lowest BCUT2D eigenvalue weighted by Gasteiger charge is -2.29. The second-order valence-electron chi connectivity index (χ2n) is 5.37. The first-order chi connectivity index (χ1) is 8.36. The molecule has 2 aliphatic rings. The van der Waals surface area contributed by atoms with Gasteiger partial charge in [0.2, 0.25) is 0 Å². The fourth-order valence-corrected chi connectivity index (χ4v) is 3.30. The van der Waals surface area contributed by atoms with Crippen molar-refractivity contribution in [2.45, 2.75) is 64.5 Å². The molecule has 2 rings (SSSR count). The van der Waals surface area contributed by atoms with Crippen LogP contribution in [0.25, 0.3) is 0 Å². The normalized spacial score (nSPS) is 30.6. The van der Waals surface area contributed by atoms with Crippen molar-refractivity contribution in [3.05, 3.63) is 11.6 Å². The van der Waals surface area contributed by atoms with Crippen molar-refractivity contribution in [3.8, 4) is 0 Å². The van der Waals surface area contributed by atoms with E-state index in [9.17, 15) is 0 Å². The molecule has 2 heteroatoms. The van der Waals surface area contributed by atoms with Crippen LogP contribution >= 0.6 is 0 Å². The molecule has 2 nitrogen and oxygen atoms in total. The van der Waals surface area contributed by atoms with E-state index in [4.69, 9.17) is 4.74 Å². The maximum Gasteiger partial charge on any atom is 0.0619 e. The number of nitrogens with one attached hydrogen (secondary N) is 1. The van der Waals surface area contributed by atoms with Gasteiger partial charge in [-0.2, -0.15) is 0 Å². The molecule has 0 bridgehead atoms. The summed E-state index contributed by atoms with van der Waals surface area (Å²) in [4.78, 5) is 0. The Bertz CT molecular complexity index is 262. The smallest absolute Gasteiger partial charge is 0.0619 e. The average Bonchev–Trinajstić information content (AvgIpc) is 3.00. The molecule has 0 amide bonds. The fourth-order valence-electron chi connectivity index (χ4n) is 3.30. The molecule has 3 atom stereocenters. The minimum absolute atomic E-state index is 0.478. The van der Waals surface area contributed by atoms with Gasteiger partial charge in [0.15, 0.2) is 0 Å². The lowest BCUT2D eigenvalue weighted by atomic mass is 9.86. The van der Waals surface area contributed by atoms with Crippen molar-refractivity contribution < 1.29 is 4.74 Å². The molecular weight excluding hydrogens is 210 g/mol. The number of hydrogen-bond acceptors (Lipinski definition) is 2. The third kappa shape index (κ3) is 3.11. The Morgan fingerprint density at radius 3 is 3.00 bits per heavy atom. The van der Waals surface area contributed by atoms with E-state index in [2.05, 4.69) is 25.2 Å². The number of allylic oxidation sites excluding steroid dienone is 1. The molecule has 0 aromatic carbocycles. The minimum Gasteiger partial charge on any atom is -0.378 e. The van der Waals surface area contributed by atoms with Crippen LogP contribution in [0.3, 0.4) is 0 Å². The summed E-state index contributed by atoms with van der Waals surface area (Å²) in [5.74, 6) is 0.705. The van der Waals surface area contributed by atoms with E-state index < -0.39 is 0 Å². The zero-order chi connectivity index (χ0) is 12.1. The summed E-state index contributed by atoms with van der Waals surface area (Å²) in [6.07, 6.45) is 10.5. The quantitative estimate of drug-likeness (QED) is 0.716. The predicted molar refractivity (Wildman–Crippen MR) is 72.2 cm³/mol. The van der Waals surface area contributed by atoms with Crippen LogP contribution in [0.5, 0.6) is 0 Å². The van der Waals surface area contributed by atoms with E-state index in [-0.39, 0.29) is 0 Å². The fraction of sp³-hybridized carbons (Fsp3) is 0.867. The Morgan fingerprint density at radius 2 is 2.35 bits per heavy atom. The van der Waals surface area contributed by atoms with Crippen LogP contribution in [0.2, 0.25) is 0 Å². The van der Waals surface area contributed by atoms with Gasteiger partial charge >= 0.3 is 0 Å². The molecule has 1 heterocycles. The van der Waals surface area contributed by atoms with Crippen LogP contribution in [-0.4, -0.2) is 25.3 Å². The first-order valence-corrected chi connectivity index (χ1v) is 7.40. The highest BCUT2D eigenvalue weighted by Crippen LogP contribution is 2.33. The van der Waals surface area contributed by atoms with Crippen LogP contribution in [0, 0.1) is 5.92 Å². The van der Waals surface area contributed by atoms with Crippen LogP contribution in [0.15, 0.2) is 11.6 Å². The number of rotatable bonds is 6. The van der Waals surface area contributed by atoms with Gasteiger partial charge in [-0.05, 0) is 45.1 Å². The molecule has 0 spiro atoms. The van der Waals surface area contributed by atoms with Gasteiger partial charge in [-0.1, -0.05) is 25.5 Å². The zero-order valence-electron chi connectivity index (χ0n) is 11.4. The van der Waals surface area contributed by atoms with Gasteiger partial charge in [0, 0.05) is 18.6 Å². The summed E-state index contributed by atoms with van der Waals surface area (Å²) in [5.41, 5.74) is 1.66. The van der Waals surface area contributed by atoms with Gasteiger partial charge in [-0.25, -0.2) is 0 Å².